The first kappa shape index (κ1) is 22.3. The molecule has 0 heterocycles. The molecule has 0 bridgehead atoms. The van der Waals surface area contributed by atoms with Crippen molar-refractivity contribution in [1.29, 1.82) is 0 Å². The maximum absolute atomic E-state index is 13.5. The monoisotopic (exact) mass is 455 g/mol. The van der Waals surface area contributed by atoms with Gasteiger partial charge in [-0.2, -0.15) is 11.8 Å². The predicted molar refractivity (Wildman–Crippen MR) is 109 cm³/mol. The van der Waals surface area contributed by atoms with Crippen LogP contribution in [0.15, 0.2) is 29.3 Å². The van der Waals surface area contributed by atoms with Crippen molar-refractivity contribution in [3.63, 3.8) is 0 Å². The van der Waals surface area contributed by atoms with Crippen LogP contribution in [0.5, 0.6) is 5.75 Å². The molecule has 0 saturated heterocycles. The van der Waals surface area contributed by atoms with Gasteiger partial charge in [-0.25, -0.2) is 4.39 Å². The highest BCUT2D eigenvalue weighted by Crippen LogP contribution is 2.16. The topological polar surface area (TPSA) is 45.7 Å². The highest BCUT2D eigenvalue weighted by Gasteiger charge is 2.08. The predicted octanol–water partition coefficient (Wildman–Crippen LogP) is 3.52. The van der Waals surface area contributed by atoms with E-state index in [1.165, 1.54) is 18.2 Å². The van der Waals surface area contributed by atoms with Crippen molar-refractivity contribution in [2.75, 3.05) is 32.1 Å². The van der Waals surface area contributed by atoms with Gasteiger partial charge in [0.25, 0.3) is 0 Å². The molecule has 0 aliphatic heterocycles. The first-order valence-electron chi connectivity index (χ1n) is 7.52. The number of thioether (sulfide) groups is 1. The maximum Gasteiger partial charge on any atom is 0.191 e. The average molecular weight is 455 g/mol. The lowest BCUT2D eigenvalue weighted by atomic mass is 10.3. The average Bonchev–Trinajstić information content (AvgIpc) is 2.52. The standard InChI is InChI=1S/C16H26FN3OS.HI/c1-13(21-15-9-5-4-8-14(15)17)12-20-16(18-2)19-10-6-7-11-22-3;/h4-5,8-9,13H,6-7,10-12H2,1-3H3,(H2,18,19,20);1H. The minimum absolute atomic E-state index is 0. The molecule has 0 spiro atoms. The van der Waals surface area contributed by atoms with Crippen LogP contribution in [0.25, 0.3) is 0 Å². The summed E-state index contributed by atoms with van der Waals surface area (Å²) in [5, 5.41) is 6.44. The molecular weight excluding hydrogens is 428 g/mol. The fraction of sp³-hybridized carbons (Fsp3) is 0.562. The smallest absolute Gasteiger partial charge is 0.191 e. The van der Waals surface area contributed by atoms with Gasteiger partial charge in [0.1, 0.15) is 6.10 Å². The summed E-state index contributed by atoms with van der Waals surface area (Å²) in [4.78, 5) is 4.16. The van der Waals surface area contributed by atoms with Crippen LogP contribution in [-0.2, 0) is 0 Å². The van der Waals surface area contributed by atoms with E-state index in [2.05, 4.69) is 21.9 Å². The van der Waals surface area contributed by atoms with E-state index in [1.807, 2.05) is 18.7 Å². The normalized spacial score (nSPS) is 12.3. The van der Waals surface area contributed by atoms with Gasteiger partial charge in [-0.05, 0) is 43.9 Å². The number of hydrogen-bond donors (Lipinski definition) is 2. The second-order valence-corrected chi connectivity index (χ2v) is 5.92. The minimum Gasteiger partial charge on any atom is -0.486 e. The molecular formula is C16H27FIN3OS. The first-order chi connectivity index (χ1) is 10.7. The van der Waals surface area contributed by atoms with Crippen molar-refractivity contribution in [2.24, 2.45) is 4.99 Å². The first-order valence-corrected chi connectivity index (χ1v) is 8.91. The Kier molecular flexibility index (Phi) is 13.3. The third-order valence-corrected chi connectivity index (χ3v) is 3.71. The summed E-state index contributed by atoms with van der Waals surface area (Å²) in [6.45, 7) is 3.34. The number of benzene rings is 1. The van der Waals surface area contributed by atoms with Gasteiger partial charge in [0, 0.05) is 13.6 Å². The molecule has 4 nitrogen and oxygen atoms in total. The van der Waals surface area contributed by atoms with Crippen LogP contribution in [0.1, 0.15) is 19.8 Å². The zero-order chi connectivity index (χ0) is 16.2. The van der Waals surface area contributed by atoms with Crippen LogP contribution in [0.4, 0.5) is 4.39 Å². The molecule has 1 rings (SSSR count). The van der Waals surface area contributed by atoms with E-state index in [-0.39, 0.29) is 41.6 Å². The molecule has 1 aromatic carbocycles. The molecule has 0 amide bonds. The third kappa shape index (κ3) is 9.91. The van der Waals surface area contributed by atoms with Crippen LogP contribution in [0.3, 0.4) is 0 Å². The van der Waals surface area contributed by atoms with E-state index in [4.69, 9.17) is 4.74 Å². The summed E-state index contributed by atoms with van der Waals surface area (Å²) in [6, 6.07) is 6.43. The highest BCUT2D eigenvalue weighted by molar-refractivity contribution is 14.0. The quantitative estimate of drug-likeness (QED) is 0.259. The number of ether oxygens (including phenoxy) is 1. The number of nitrogens with one attached hydrogen (secondary N) is 2. The molecule has 1 aromatic rings. The molecule has 1 atom stereocenters. The molecule has 0 saturated carbocycles. The van der Waals surface area contributed by atoms with E-state index in [0.717, 1.165) is 18.9 Å². The van der Waals surface area contributed by atoms with E-state index in [0.29, 0.717) is 6.54 Å². The summed E-state index contributed by atoms with van der Waals surface area (Å²) in [6.07, 6.45) is 4.26. The summed E-state index contributed by atoms with van der Waals surface area (Å²) in [5.74, 6) is 1.86. The lowest BCUT2D eigenvalue weighted by Gasteiger charge is -2.18. The number of guanidine groups is 1. The van der Waals surface area contributed by atoms with Crippen molar-refractivity contribution in [1.82, 2.24) is 10.6 Å². The second-order valence-electron chi connectivity index (χ2n) is 4.94. The van der Waals surface area contributed by atoms with E-state index >= 15 is 0 Å². The van der Waals surface area contributed by atoms with Gasteiger partial charge < -0.3 is 15.4 Å². The van der Waals surface area contributed by atoms with Crippen LogP contribution in [0.2, 0.25) is 0 Å². The number of rotatable bonds is 9. The number of halogens is 2. The van der Waals surface area contributed by atoms with Gasteiger partial charge in [0.05, 0.1) is 6.54 Å². The largest absolute Gasteiger partial charge is 0.486 e. The fourth-order valence-electron chi connectivity index (χ4n) is 1.84. The van der Waals surface area contributed by atoms with Crippen LogP contribution in [-0.4, -0.2) is 44.2 Å². The molecule has 0 fully saturated rings. The van der Waals surface area contributed by atoms with Gasteiger partial charge in [-0.15, -0.1) is 24.0 Å². The van der Waals surface area contributed by atoms with E-state index < -0.39 is 0 Å². The molecule has 0 radical (unpaired) electrons. The number of para-hydroxylation sites is 1. The maximum atomic E-state index is 13.5. The SMILES string of the molecule is CN=C(NCCCCSC)NCC(C)Oc1ccccc1F.I. The zero-order valence-corrected chi connectivity index (χ0v) is 17.1. The van der Waals surface area contributed by atoms with Gasteiger partial charge in [0.2, 0.25) is 0 Å². The third-order valence-electron chi connectivity index (χ3n) is 3.01. The molecule has 23 heavy (non-hydrogen) atoms. The summed E-state index contributed by atoms with van der Waals surface area (Å²) < 4.78 is 19.1. The molecule has 0 aromatic heterocycles. The van der Waals surface area contributed by atoms with Crippen molar-refractivity contribution < 1.29 is 9.13 Å². The van der Waals surface area contributed by atoms with E-state index in [9.17, 15) is 4.39 Å². The molecule has 0 aliphatic carbocycles. The lowest BCUT2D eigenvalue weighted by Crippen LogP contribution is -2.42. The number of aliphatic imine (C=N–C) groups is 1. The Morgan fingerprint density at radius 3 is 2.70 bits per heavy atom. The van der Waals surface area contributed by atoms with E-state index in [1.54, 1.807) is 25.2 Å². The fourth-order valence-corrected chi connectivity index (χ4v) is 2.33. The van der Waals surface area contributed by atoms with Crippen LogP contribution < -0.4 is 15.4 Å². The van der Waals surface area contributed by atoms with Gasteiger partial charge in [-0.1, -0.05) is 12.1 Å². The van der Waals surface area contributed by atoms with Crippen molar-refractivity contribution in [3.05, 3.63) is 30.1 Å². The number of unbranched alkanes of at least 4 members (excludes halogenated alkanes) is 1. The van der Waals surface area contributed by atoms with Gasteiger partial charge >= 0.3 is 0 Å². The van der Waals surface area contributed by atoms with Gasteiger partial charge in [-0.3, -0.25) is 4.99 Å². The van der Waals surface area contributed by atoms with Crippen LogP contribution in [0, 0.1) is 5.82 Å². The Morgan fingerprint density at radius 1 is 1.30 bits per heavy atom. The Labute approximate surface area is 160 Å². The molecule has 2 N–H and O–H groups in total. The second kappa shape index (κ2) is 13.7. The Hall–Kier alpha value is -0.700. The minimum atomic E-state index is -0.342. The van der Waals surface area contributed by atoms with Crippen LogP contribution >= 0.6 is 35.7 Å². The lowest BCUT2D eigenvalue weighted by molar-refractivity contribution is 0.214. The van der Waals surface area contributed by atoms with Crippen molar-refractivity contribution >= 4 is 41.7 Å². The summed E-state index contributed by atoms with van der Waals surface area (Å²) in [7, 11) is 1.74. The number of nitrogens with zero attached hydrogens (tertiary/aromatic N) is 1. The number of hydrogen-bond acceptors (Lipinski definition) is 3. The summed E-state index contributed by atoms with van der Waals surface area (Å²) >= 11 is 1.86. The summed E-state index contributed by atoms with van der Waals surface area (Å²) in [5.41, 5.74) is 0. The highest BCUT2D eigenvalue weighted by atomic mass is 127. The Bertz CT molecular complexity index is 463. The Morgan fingerprint density at radius 2 is 2.04 bits per heavy atom. The van der Waals surface area contributed by atoms with Gasteiger partial charge in [0.15, 0.2) is 17.5 Å². The van der Waals surface area contributed by atoms with Crippen molar-refractivity contribution in [3.8, 4) is 5.75 Å². The zero-order valence-electron chi connectivity index (χ0n) is 14.0. The molecule has 7 heteroatoms. The Balaban J connectivity index is 0.00000484. The molecule has 132 valence electrons. The molecule has 0 aliphatic rings. The van der Waals surface area contributed by atoms with Crippen molar-refractivity contribution in [2.45, 2.75) is 25.9 Å². The molecule has 1 unspecified atom stereocenters.